The number of hydrogen-bond donors (Lipinski definition) is 1. The molecule has 5 nitrogen and oxygen atoms in total. The first-order valence-corrected chi connectivity index (χ1v) is 8.03. The van der Waals surface area contributed by atoms with Crippen LogP contribution in [0.1, 0.15) is 39.0 Å². The van der Waals surface area contributed by atoms with Crippen LogP contribution in [0.15, 0.2) is 30.3 Å². The maximum Gasteiger partial charge on any atom is 0.257 e. The van der Waals surface area contributed by atoms with Gasteiger partial charge in [-0.2, -0.15) is 0 Å². The van der Waals surface area contributed by atoms with E-state index in [9.17, 15) is 9.59 Å². The van der Waals surface area contributed by atoms with E-state index in [4.69, 9.17) is 0 Å². The number of hydrogen-bond acceptors (Lipinski definition) is 3. The van der Waals surface area contributed by atoms with Crippen LogP contribution in [0.25, 0.3) is 0 Å². The molecule has 0 bridgehead atoms. The Kier molecular flexibility index (Phi) is 5.57. The van der Waals surface area contributed by atoms with Crippen LogP contribution in [0, 0.1) is 13.8 Å². The van der Waals surface area contributed by atoms with Gasteiger partial charge in [0.25, 0.3) is 5.91 Å². The highest BCUT2D eigenvalue weighted by molar-refractivity contribution is 6.05. The maximum absolute atomic E-state index is 12.6. The molecule has 1 heterocycles. The van der Waals surface area contributed by atoms with Crippen LogP contribution in [0.4, 0.5) is 5.69 Å². The van der Waals surface area contributed by atoms with Crippen molar-refractivity contribution in [3.63, 3.8) is 0 Å². The van der Waals surface area contributed by atoms with Gasteiger partial charge in [-0.05, 0) is 65.2 Å². The Morgan fingerprint density at radius 1 is 1.12 bits per heavy atom. The summed E-state index contributed by atoms with van der Waals surface area (Å²) in [5.41, 5.74) is 4.04. The van der Waals surface area contributed by atoms with Crippen LogP contribution in [0.5, 0.6) is 0 Å². The standard InChI is InChI=1S/C19H25N3O2/c1-13-12-18(14(2)22(13)11-10-21(4)5)19(24)20-17-8-6-16(7-9-17)15(3)23/h6-9,12H,10-11H2,1-5H3,(H,20,24). The highest BCUT2D eigenvalue weighted by Crippen LogP contribution is 2.18. The molecule has 0 radical (unpaired) electrons. The Labute approximate surface area is 143 Å². The Morgan fingerprint density at radius 2 is 1.75 bits per heavy atom. The zero-order valence-corrected chi connectivity index (χ0v) is 15.0. The summed E-state index contributed by atoms with van der Waals surface area (Å²) in [5, 5.41) is 2.90. The van der Waals surface area contributed by atoms with Crippen molar-refractivity contribution in [1.29, 1.82) is 0 Å². The molecular weight excluding hydrogens is 302 g/mol. The Morgan fingerprint density at radius 3 is 2.29 bits per heavy atom. The van der Waals surface area contributed by atoms with E-state index in [2.05, 4.69) is 14.8 Å². The van der Waals surface area contributed by atoms with Crippen LogP contribution in [-0.2, 0) is 6.54 Å². The van der Waals surface area contributed by atoms with E-state index in [1.165, 1.54) is 6.92 Å². The fourth-order valence-electron chi connectivity index (χ4n) is 2.66. The first-order valence-electron chi connectivity index (χ1n) is 8.03. The summed E-state index contributed by atoms with van der Waals surface area (Å²) < 4.78 is 2.16. The molecular formula is C19H25N3O2. The van der Waals surface area contributed by atoms with Crippen molar-refractivity contribution >= 4 is 17.4 Å². The molecule has 24 heavy (non-hydrogen) atoms. The molecule has 0 unspecified atom stereocenters. The molecule has 2 rings (SSSR count). The second-order valence-corrected chi connectivity index (χ2v) is 6.33. The van der Waals surface area contributed by atoms with Gasteiger partial charge in [-0.1, -0.05) is 0 Å². The lowest BCUT2D eigenvalue weighted by atomic mass is 10.1. The number of nitrogens with zero attached hydrogens (tertiary/aromatic N) is 2. The number of aryl methyl sites for hydroxylation is 1. The second kappa shape index (κ2) is 7.45. The van der Waals surface area contributed by atoms with Gasteiger partial charge in [0.1, 0.15) is 0 Å². The highest BCUT2D eigenvalue weighted by atomic mass is 16.1. The first-order chi connectivity index (χ1) is 11.3. The number of amides is 1. The number of rotatable bonds is 6. The monoisotopic (exact) mass is 327 g/mol. The molecule has 0 aliphatic carbocycles. The van der Waals surface area contributed by atoms with Crippen molar-refractivity contribution in [1.82, 2.24) is 9.47 Å². The molecule has 5 heteroatoms. The van der Waals surface area contributed by atoms with Gasteiger partial charge in [-0.15, -0.1) is 0 Å². The average Bonchev–Trinajstić information content (AvgIpc) is 2.80. The maximum atomic E-state index is 12.6. The molecule has 0 aliphatic rings. The fourth-order valence-corrected chi connectivity index (χ4v) is 2.66. The number of aromatic nitrogens is 1. The van der Waals surface area contributed by atoms with Gasteiger partial charge in [0.2, 0.25) is 0 Å². The van der Waals surface area contributed by atoms with Gasteiger partial charge in [0.15, 0.2) is 5.78 Å². The van der Waals surface area contributed by atoms with Crippen molar-refractivity contribution in [3.8, 4) is 0 Å². The highest BCUT2D eigenvalue weighted by Gasteiger charge is 2.16. The lowest BCUT2D eigenvalue weighted by molar-refractivity contribution is 0.101. The minimum Gasteiger partial charge on any atom is -0.347 e. The van der Waals surface area contributed by atoms with Crippen molar-refractivity contribution in [2.24, 2.45) is 0 Å². The third kappa shape index (κ3) is 4.11. The summed E-state index contributed by atoms with van der Waals surface area (Å²) in [5.74, 6) is -0.118. The zero-order valence-electron chi connectivity index (χ0n) is 15.0. The summed E-state index contributed by atoms with van der Waals surface area (Å²) in [6, 6.07) is 8.86. The lowest BCUT2D eigenvalue weighted by Crippen LogP contribution is -2.20. The van der Waals surface area contributed by atoms with Gasteiger partial charge in [-0.25, -0.2) is 0 Å². The Hall–Kier alpha value is -2.40. The van der Waals surface area contributed by atoms with E-state index in [-0.39, 0.29) is 11.7 Å². The van der Waals surface area contributed by atoms with Gasteiger partial charge in [-0.3, -0.25) is 9.59 Å². The normalized spacial score (nSPS) is 10.9. The van der Waals surface area contributed by atoms with Gasteiger partial charge >= 0.3 is 0 Å². The summed E-state index contributed by atoms with van der Waals surface area (Å²) in [6.07, 6.45) is 0. The van der Waals surface area contributed by atoms with Crippen LogP contribution in [0.2, 0.25) is 0 Å². The predicted molar refractivity (Wildman–Crippen MR) is 96.9 cm³/mol. The van der Waals surface area contributed by atoms with E-state index in [0.29, 0.717) is 16.8 Å². The van der Waals surface area contributed by atoms with Crippen molar-refractivity contribution in [2.75, 3.05) is 26.0 Å². The summed E-state index contributed by atoms with van der Waals surface area (Å²) in [4.78, 5) is 26.0. The van der Waals surface area contributed by atoms with E-state index in [1.54, 1.807) is 24.3 Å². The van der Waals surface area contributed by atoms with Crippen molar-refractivity contribution in [2.45, 2.75) is 27.3 Å². The van der Waals surface area contributed by atoms with Crippen LogP contribution >= 0.6 is 0 Å². The number of carbonyl (C=O) groups excluding carboxylic acids is 2. The molecule has 1 amide bonds. The Balaban J connectivity index is 2.15. The van der Waals surface area contributed by atoms with Crippen LogP contribution in [-0.4, -0.2) is 41.8 Å². The van der Waals surface area contributed by atoms with Gasteiger partial charge < -0.3 is 14.8 Å². The summed E-state index contributed by atoms with van der Waals surface area (Å²) in [6.45, 7) is 7.28. The number of nitrogens with one attached hydrogen (secondary N) is 1. The number of likely N-dealkylation sites (N-methyl/N-ethyl adjacent to an activating group) is 1. The first kappa shape index (κ1) is 17.9. The largest absolute Gasteiger partial charge is 0.347 e. The molecule has 1 aromatic carbocycles. The van der Waals surface area contributed by atoms with Crippen molar-refractivity contribution < 1.29 is 9.59 Å². The molecule has 0 saturated heterocycles. The van der Waals surface area contributed by atoms with Crippen LogP contribution in [0.3, 0.4) is 0 Å². The van der Waals surface area contributed by atoms with E-state index < -0.39 is 0 Å². The predicted octanol–water partition coefficient (Wildman–Crippen LogP) is 3.12. The van der Waals surface area contributed by atoms with Gasteiger partial charge in [0.05, 0.1) is 5.56 Å². The fraction of sp³-hybridized carbons (Fsp3) is 0.368. The molecule has 1 N–H and O–H groups in total. The number of benzene rings is 1. The lowest BCUT2D eigenvalue weighted by Gasteiger charge is -2.14. The summed E-state index contributed by atoms with van der Waals surface area (Å²) >= 11 is 0. The second-order valence-electron chi connectivity index (χ2n) is 6.33. The van der Waals surface area contributed by atoms with E-state index in [1.807, 2.05) is 34.0 Å². The third-order valence-electron chi connectivity index (χ3n) is 4.14. The molecule has 1 aromatic heterocycles. The minimum absolute atomic E-state index is 0.0114. The minimum atomic E-state index is -0.130. The molecule has 0 fully saturated rings. The van der Waals surface area contributed by atoms with Crippen molar-refractivity contribution in [3.05, 3.63) is 52.8 Å². The van der Waals surface area contributed by atoms with E-state index >= 15 is 0 Å². The number of Topliss-reactive ketones (excluding diaryl/α,β-unsaturated/α-hetero) is 1. The molecule has 0 aliphatic heterocycles. The quantitative estimate of drug-likeness (QED) is 0.829. The smallest absolute Gasteiger partial charge is 0.257 e. The van der Waals surface area contributed by atoms with Crippen LogP contribution < -0.4 is 5.32 Å². The van der Waals surface area contributed by atoms with E-state index in [0.717, 1.165) is 24.5 Å². The zero-order chi connectivity index (χ0) is 17.9. The molecule has 128 valence electrons. The topological polar surface area (TPSA) is 54.3 Å². The molecule has 0 atom stereocenters. The average molecular weight is 327 g/mol. The third-order valence-corrected chi connectivity index (χ3v) is 4.14. The molecule has 0 spiro atoms. The van der Waals surface area contributed by atoms with Gasteiger partial charge in [0, 0.05) is 35.7 Å². The summed E-state index contributed by atoms with van der Waals surface area (Å²) in [7, 11) is 4.07. The number of carbonyl (C=O) groups is 2. The SMILES string of the molecule is CC(=O)c1ccc(NC(=O)c2cc(C)n(CCN(C)C)c2C)cc1. The Bertz CT molecular complexity index is 743. The molecule has 2 aromatic rings. The number of anilines is 1. The number of ketones is 1. The molecule has 0 saturated carbocycles.